The highest BCUT2D eigenvalue weighted by atomic mass is 32.1. The zero-order chi connectivity index (χ0) is 13.1. The molecule has 0 saturated heterocycles. The number of nitrogens with zero attached hydrogens (tertiary/aromatic N) is 1. The van der Waals surface area contributed by atoms with Crippen LogP contribution in [0.15, 0.2) is 29.8 Å². The van der Waals surface area contributed by atoms with E-state index in [1.807, 2.05) is 17.5 Å². The Kier molecular flexibility index (Phi) is 3.95. The molecule has 2 heterocycles. The number of rotatable bonds is 4. The molecule has 0 radical (unpaired) electrons. The SMILES string of the molecule is CCc1ccsc1CNC1CCCc2cccnc21. The lowest BCUT2D eigenvalue weighted by Gasteiger charge is -2.25. The van der Waals surface area contributed by atoms with Gasteiger partial charge in [0.25, 0.3) is 0 Å². The normalized spacial score (nSPS) is 18.3. The Labute approximate surface area is 118 Å². The van der Waals surface area contributed by atoms with Crippen LogP contribution in [0.2, 0.25) is 0 Å². The minimum Gasteiger partial charge on any atom is -0.304 e. The molecule has 1 atom stereocenters. The molecule has 0 fully saturated rings. The zero-order valence-electron chi connectivity index (χ0n) is 11.4. The van der Waals surface area contributed by atoms with Crippen molar-refractivity contribution in [3.63, 3.8) is 0 Å². The molecule has 1 unspecified atom stereocenters. The summed E-state index contributed by atoms with van der Waals surface area (Å²) in [5, 5.41) is 5.90. The molecular weight excluding hydrogens is 252 g/mol. The molecule has 19 heavy (non-hydrogen) atoms. The summed E-state index contributed by atoms with van der Waals surface area (Å²) >= 11 is 1.86. The fraction of sp³-hybridized carbons (Fsp3) is 0.438. The van der Waals surface area contributed by atoms with Gasteiger partial charge in [0.05, 0.1) is 11.7 Å². The van der Waals surface area contributed by atoms with E-state index < -0.39 is 0 Å². The maximum absolute atomic E-state index is 4.58. The van der Waals surface area contributed by atoms with E-state index >= 15 is 0 Å². The van der Waals surface area contributed by atoms with Crippen molar-refractivity contribution in [2.45, 2.75) is 45.2 Å². The molecule has 2 aromatic heterocycles. The predicted octanol–water partition coefficient (Wildman–Crippen LogP) is 3.87. The first kappa shape index (κ1) is 12.8. The molecule has 2 aromatic rings. The highest BCUT2D eigenvalue weighted by Gasteiger charge is 2.20. The molecule has 0 saturated carbocycles. The molecule has 0 spiro atoms. The number of aryl methyl sites for hydroxylation is 2. The van der Waals surface area contributed by atoms with E-state index in [0.29, 0.717) is 6.04 Å². The fourth-order valence-electron chi connectivity index (χ4n) is 2.86. The van der Waals surface area contributed by atoms with Gasteiger partial charge in [0.1, 0.15) is 0 Å². The van der Waals surface area contributed by atoms with Gasteiger partial charge in [0, 0.05) is 17.6 Å². The third kappa shape index (κ3) is 2.72. The quantitative estimate of drug-likeness (QED) is 0.914. The van der Waals surface area contributed by atoms with Gasteiger partial charge in [-0.25, -0.2) is 0 Å². The van der Waals surface area contributed by atoms with Gasteiger partial charge < -0.3 is 5.32 Å². The van der Waals surface area contributed by atoms with Gasteiger partial charge in [-0.05, 0) is 54.3 Å². The van der Waals surface area contributed by atoms with E-state index in [4.69, 9.17) is 0 Å². The van der Waals surface area contributed by atoms with Crippen LogP contribution in [0.25, 0.3) is 0 Å². The number of fused-ring (bicyclic) bond motifs is 1. The molecule has 1 N–H and O–H groups in total. The number of aromatic nitrogens is 1. The molecule has 0 bridgehead atoms. The van der Waals surface area contributed by atoms with Crippen LogP contribution in [-0.4, -0.2) is 4.98 Å². The van der Waals surface area contributed by atoms with E-state index in [1.54, 1.807) is 0 Å². The average molecular weight is 272 g/mol. The summed E-state index contributed by atoms with van der Waals surface area (Å²) in [7, 11) is 0. The number of thiophene rings is 1. The van der Waals surface area contributed by atoms with Crippen LogP contribution in [0.1, 0.15) is 47.5 Å². The third-order valence-electron chi connectivity index (χ3n) is 3.92. The topological polar surface area (TPSA) is 24.9 Å². The minimum atomic E-state index is 0.428. The first-order valence-electron chi connectivity index (χ1n) is 7.11. The van der Waals surface area contributed by atoms with Crippen molar-refractivity contribution in [1.29, 1.82) is 0 Å². The van der Waals surface area contributed by atoms with Crippen molar-refractivity contribution in [2.24, 2.45) is 0 Å². The second kappa shape index (κ2) is 5.85. The van der Waals surface area contributed by atoms with Crippen molar-refractivity contribution in [3.05, 3.63) is 51.5 Å². The van der Waals surface area contributed by atoms with Crippen LogP contribution in [0.3, 0.4) is 0 Å². The average Bonchev–Trinajstić information content (AvgIpc) is 2.92. The number of nitrogens with one attached hydrogen (secondary N) is 1. The molecule has 1 aliphatic carbocycles. The van der Waals surface area contributed by atoms with Crippen molar-refractivity contribution in [1.82, 2.24) is 10.3 Å². The van der Waals surface area contributed by atoms with E-state index in [0.717, 1.165) is 13.0 Å². The number of hydrogen-bond acceptors (Lipinski definition) is 3. The molecule has 0 aliphatic heterocycles. The number of pyridine rings is 1. The lowest BCUT2D eigenvalue weighted by atomic mass is 9.92. The second-order valence-electron chi connectivity index (χ2n) is 5.10. The monoisotopic (exact) mass is 272 g/mol. The first-order chi connectivity index (χ1) is 9.38. The molecule has 1 aliphatic rings. The summed E-state index contributed by atoms with van der Waals surface area (Å²) in [4.78, 5) is 6.06. The second-order valence-corrected chi connectivity index (χ2v) is 6.10. The predicted molar refractivity (Wildman–Crippen MR) is 80.5 cm³/mol. The van der Waals surface area contributed by atoms with Crippen LogP contribution in [0.5, 0.6) is 0 Å². The summed E-state index contributed by atoms with van der Waals surface area (Å²) in [6, 6.07) is 6.94. The lowest BCUT2D eigenvalue weighted by Crippen LogP contribution is -2.25. The molecule has 100 valence electrons. The van der Waals surface area contributed by atoms with Gasteiger partial charge >= 0.3 is 0 Å². The van der Waals surface area contributed by atoms with Crippen molar-refractivity contribution in [3.8, 4) is 0 Å². The molecular formula is C16H20N2S. The van der Waals surface area contributed by atoms with Crippen LogP contribution in [0.4, 0.5) is 0 Å². The third-order valence-corrected chi connectivity index (χ3v) is 4.89. The summed E-state index contributed by atoms with van der Waals surface area (Å²) in [6.45, 7) is 3.20. The van der Waals surface area contributed by atoms with Crippen molar-refractivity contribution < 1.29 is 0 Å². The van der Waals surface area contributed by atoms with Gasteiger partial charge in [-0.15, -0.1) is 11.3 Å². The number of hydrogen-bond donors (Lipinski definition) is 1. The summed E-state index contributed by atoms with van der Waals surface area (Å²) in [5.41, 5.74) is 4.17. The van der Waals surface area contributed by atoms with Crippen molar-refractivity contribution >= 4 is 11.3 Å². The zero-order valence-corrected chi connectivity index (χ0v) is 12.2. The van der Waals surface area contributed by atoms with E-state index in [2.05, 4.69) is 40.8 Å². The summed E-state index contributed by atoms with van der Waals surface area (Å²) in [5.74, 6) is 0. The standard InChI is InChI=1S/C16H20N2S/c1-2-12-8-10-19-15(12)11-18-14-7-3-5-13-6-4-9-17-16(13)14/h4,6,8-10,14,18H,2-3,5,7,11H2,1H3. The Morgan fingerprint density at radius 2 is 2.37 bits per heavy atom. The van der Waals surface area contributed by atoms with Gasteiger partial charge in [0.2, 0.25) is 0 Å². The maximum Gasteiger partial charge on any atom is 0.0605 e. The van der Waals surface area contributed by atoms with E-state index in [9.17, 15) is 0 Å². The smallest absolute Gasteiger partial charge is 0.0605 e. The fourth-order valence-corrected chi connectivity index (χ4v) is 3.79. The molecule has 2 nitrogen and oxygen atoms in total. The molecule has 3 rings (SSSR count). The molecule has 0 amide bonds. The Morgan fingerprint density at radius 1 is 1.42 bits per heavy atom. The Morgan fingerprint density at radius 3 is 3.26 bits per heavy atom. The molecule has 3 heteroatoms. The Balaban J connectivity index is 1.71. The maximum atomic E-state index is 4.58. The van der Waals surface area contributed by atoms with Crippen LogP contribution in [0, 0.1) is 0 Å². The molecule has 0 aromatic carbocycles. The Hall–Kier alpha value is -1.19. The highest BCUT2D eigenvalue weighted by Crippen LogP contribution is 2.28. The van der Waals surface area contributed by atoms with Crippen LogP contribution >= 0.6 is 11.3 Å². The highest BCUT2D eigenvalue weighted by molar-refractivity contribution is 7.10. The van der Waals surface area contributed by atoms with Crippen LogP contribution in [-0.2, 0) is 19.4 Å². The van der Waals surface area contributed by atoms with Crippen molar-refractivity contribution in [2.75, 3.05) is 0 Å². The van der Waals surface area contributed by atoms with Gasteiger partial charge in [-0.1, -0.05) is 13.0 Å². The van der Waals surface area contributed by atoms with E-state index in [1.165, 1.54) is 41.0 Å². The van der Waals surface area contributed by atoms with Crippen LogP contribution < -0.4 is 5.32 Å². The lowest BCUT2D eigenvalue weighted by molar-refractivity contribution is 0.449. The summed E-state index contributed by atoms with van der Waals surface area (Å²) in [6.07, 6.45) is 6.69. The first-order valence-corrected chi connectivity index (χ1v) is 7.99. The Bertz CT molecular complexity index is 547. The van der Waals surface area contributed by atoms with Gasteiger partial charge in [-0.2, -0.15) is 0 Å². The largest absolute Gasteiger partial charge is 0.304 e. The van der Waals surface area contributed by atoms with Gasteiger partial charge in [-0.3, -0.25) is 4.98 Å². The van der Waals surface area contributed by atoms with Gasteiger partial charge in [0.15, 0.2) is 0 Å². The van der Waals surface area contributed by atoms with E-state index in [-0.39, 0.29) is 0 Å². The minimum absolute atomic E-state index is 0.428. The summed E-state index contributed by atoms with van der Waals surface area (Å²) < 4.78 is 0.